The summed E-state index contributed by atoms with van der Waals surface area (Å²) in [6.45, 7) is 4.44. The van der Waals surface area contributed by atoms with Crippen molar-refractivity contribution in [2.45, 2.75) is 123 Å². The number of hydrogen-bond donors (Lipinski definition) is 0. The standard InChI is InChI=1S/C22H44O2/c1-4-5-6-7-8-9-10-11-12-13-14-15-16-17-18-19-21(2)20-22(23)24-3/h21H,4-20H2,1-3H3. The molecule has 0 saturated carbocycles. The SMILES string of the molecule is CCCCCCCCCCCCCCCCCC(C)CC(=O)OC. The molecule has 0 aromatic carbocycles. The van der Waals surface area contributed by atoms with Crippen LogP contribution in [0.1, 0.15) is 123 Å². The Labute approximate surface area is 152 Å². The van der Waals surface area contributed by atoms with E-state index in [0.29, 0.717) is 12.3 Å². The maximum atomic E-state index is 11.2. The zero-order valence-electron chi connectivity index (χ0n) is 16.9. The molecule has 0 bridgehead atoms. The third-order valence-electron chi connectivity index (χ3n) is 5.04. The first kappa shape index (κ1) is 23.5. The Bertz CT molecular complexity index is 263. The third kappa shape index (κ3) is 17.8. The summed E-state index contributed by atoms with van der Waals surface area (Å²) >= 11 is 0. The summed E-state index contributed by atoms with van der Waals surface area (Å²) in [7, 11) is 1.47. The number of ether oxygens (including phenoxy) is 1. The summed E-state index contributed by atoms with van der Waals surface area (Å²) in [4.78, 5) is 11.2. The summed E-state index contributed by atoms with van der Waals surface area (Å²) < 4.78 is 4.71. The molecule has 0 aromatic rings. The Hall–Kier alpha value is -0.530. The third-order valence-corrected chi connectivity index (χ3v) is 5.04. The van der Waals surface area contributed by atoms with Gasteiger partial charge >= 0.3 is 5.97 Å². The number of unbranched alkanes of at least 4 members (excludes halogenated alkanes) is 14. The number of esters is 1. The summed E-state index contributed by atoms with van der Waals surface area (Å²) in [6.07, 6.45) is 22.8. The van der Waals surface area contributed by atoms with E-state index in [-0.39, 0.29) is 5.97 Å². The van der Waals surface area contributed by atoms with E-state index in [1.54, 1.807) is 0 Å². The van der Waals surface area contributed by atoms with Crippen LogP contribution < -0.4 is 0 Å². The van der Waals surface area contributed by atoms with E-state index >= 15 is 0 Å². The zero-order valence-corrected chi connectivity index (χ0v) is 16.9. The Morgan fingerprint density at radius 2 is 1.08 bits per heavy atom. The highest BCUT2D eigenvalue weighted by atomic mass is 16.5. The number of carbonyl (C=O) groups is 1. The van der Waals surface area contributed by atoms with E-state index < -0.39 is 0 Å². The van der Waals surface area contributed by atoms with Crippen molar-refractivity contribution in [3.05, 3.63) is 0 Å². The molecule has 24 heavy (non-hydrogen) atoms. The van der Waals surface area contributed by atoms with E-state index in [9.17, 15) is 4.79 Å². The molecule has 1 atom stereocenters. The monoisotopic (exact) mass is 340 g/mol. The van der Waals surface area contributed by atoms with Gasteiger partial charge in [-0.2, -0.15) is 0 Å². The molecule has 0 aromatic heterocycles. The highest BCUT2D eigenvalue weighted by Gasteiger charge is 2.08. The number of rotatable bonds is 18. The maximum absolute atomic E-state index is 11.2. The van der Waals surface area contributed by atoms with Crippen LogP contribution in [0.2, 0.25) is 0 Å². The fraction of sp³-hybridized carbons (Fsp3) is 0.955. The van der Waals surface area contributed by atoms with Gasteiger partial charge in [0.25, 0.3) is 0 Å². The Morgan fingerprint density at radius 3 is 1.46 bits per heavy atom. The average molecular weight is 341 g/mol. The largest absolute Gasteiger partial charge is 0.469 e. The minimum atomic E-state index is -0.0662. The maximum Gasteiger partial charge on any atom is 0.305 e. The lowest BCUT2D eigenvalue weighted by molar-refractivity contribution is -0.141. The van der Waals surface area contributed by atoms with Crippen molar-refractivity contribution in [2.75, 3.05) is 7.11 Å². The minimum Gasteiger partial charge on any atom is -0.469 e. The summed E-state index contributed by atoms with van der Waals surface area (Å²) in [5.41, 5.74) is 0. The van der Waals surface area contributed by atoms with Crippen molar-refractivity contribution in [2.24, 2.45) is 5.92 Å². The van der Waals surface area contributed by atoms with E-state index in [1.165, 1.54) is 103 Å². The predicted octanol–water partition coefficient (Wildman–Crippen LogP) is 7.45. The fourth-order valence-electron chi connectivity index (χ4n) is 3.33. The van der Waals surface area contributed by atoms with Crippen LogP contribution in [-0.2, 0) is 9.53 Å². The highest BCUT2D eigenvalue weighted by Crippen LogP contribution is 2.16. The van der Waals surface area contributed by atoms with Crippen molar-refractivity contribution in [1.82, 2.24) is 0 Å². The van der Waals surface area contributed by atoms with E-state index in [0.717, 1.165) is 6.42 Å². The summed E-state index contributed by atoms with van der Waals surface area (Å²) in [6, 6.07) is 0. The molecule has 0 aliphatic rings. The second-order valence-corrected chi connectivity index (χ2v) is 7.62. The van der Waals surface area contributed by atoms with Gasteiger partial charge in [-0.15, -0.1) is 0 Å². The van der Waals surface area contributed by atoms with Crippen molar-refractivity contribution < 1.29 is 9.53 Å². The van der Waals surface area contributed by atoms with Gasteiger partial charge < -0.3 is 4.74 Å². The minimum absolute atomic E-state index is 0.0662. The first-order valence-electron chi connectivity index (χ1n) is 10.8. The van der Waals surface area contributed by atoms with Crippen LogP contribution in [0.15, 0.2) is 0 Å². The van der Waals surface area contributed by atoms with Crippen molar-refractivity contribution in [1.29, 1.82) is 0 Å². The topological polar surface area (TPSA) is 26.3 Å². The van der Waals surface area contributed by atoms with Gasteiger partial charge in [0.05, 0.1) is 7.11 Å². The van der Waals surface area contributed by atoms with Crippen LogP contribution in [0.5, 0.6) is 0 Å². The smallest absolute Gasteiger partial charge is 0.305 e. The Balaban J connectivity index is 3.11. The molecule has 2 heteroatoms. The lowest BCUT2D eigenvalue weighted by atomic mass is 9.99. The lowest BCUT2D eigenvalue weighted by Crippen LogP contribution is -2.06. The molecule has 0 spiro atoms. The van der Waals surface area contributed by atoms with Gasteiger partial charge in [-0.25, -0.2) is 0 Å². The van der Waals surface area contributed by atoms with Gasteiger partial charge in [0.1, 0.15) is 0 Å². The van der Waals surface area contributed by atoms with Gasteiger partial charge in [0.15, 0.2) is 0 Å². The molecule has 0 fully saturated rings. The van der Waals surface area contributed by atoms with Gasteiger partial charge in [-0.05, 0) is 5.92 Å². The fourth-order valence-corrected chi connectivity index (χ4v) is 3.33. The quantitative estimate of drug-likeness (QED) is 0.191. The van der Waals surface area contributed by atoms with E-state index in [1.807, 2.05) is 0 Å². The van der Waals surface area contributed by atoms with Gasteiger partial charge in [-0.3, -0.25) is 4.79 Å². The first-order valence-corrected chi connectivity index (χ1v) is 10.8. The van der Waals surface area contributed by atoms with Gasteiger partial charge in [0.2, 0.25) is 0 Å². The van der Waals surface area contributed by atoms with Gasteiger partial charge in [-0.1, -0.05) is 117 Å². The van der Waals surface area contributed by atoms with E-state index in [2.05, 4.69) is 13.8 Å². The molecule has 1 unspecified atom stereocenters. The predicted molar refractivity (Wildman–Crippen MR) is 105 cm³/mol. The molecule has 0 amide bonds. The van der Waals surface area contributed by atoms with Crippen molar-refractivity contribution >= 4 is 5.97 Å². The van der Waals surface area contributed by atoms with Crippen LogP contribution in [0.4, 0.5) is 0 Å². The summed E-state index contributed by atoms with van der Waals surface area (Å²) in [5.74, 6) is 0.405. The molecule has 0 rings (SSSR count). The molecule has 0 saturated heterocycles. The number of hydrogen-bond acceptors (Lipinski definition) is 2. The molecule has 0 N–H and O–H groups in total. The highest BCUT2D eigenvalue weighted by molar-refractivity contribution is 5.69. The average Bonchev–Trinajstić information content (AvgIpc) is 2.58. The second kappa shape index (κ2) is 18.8. The molecular formula is C22H44O2. The Kier molecular flexibility index (Phi) is 18.4. The first-order chi connectivity index (χ1) is 11.7. The number of methoxy groups -OCH3 is 1. The normalized spacial score (nSPS) is 12.3. The zero-order chi connectivity index (χ0) is 17.9. The van der Waals surface area contributed by atoms with Crippen molar-refractivity contribution in [3.8, 4) is 0 Å². The summed E-state index contributed by atoms with van der Waals surface area (Å²) in [5, 5.41) is 0. The van der Waals surface area contributed by atoms with E-state index in [4.69, 9.17) is 4.74 Å². The second-order valence-electron chi connectivity index (χ2n) is 7.62. The molecule has 144 valence electrons. The molecule has 0 aliphatic heterocycles. The number of carbonyl (C=O) groups excluding carboxylic acids is 1. The Morgan fingerprint density at radius 1 is 0.708 bits per heavy atom. The van der Waals surface area contributed by atoms with Crippen LogP contribution in [0, 0.1) is 5.92 Å². The van der Waals surface area contributed by atoms with Crippen LogP contribution >= 0.6 is 0 Å². The molecular weight excluding hydrogens is 296 g/mol. The van der Waals surface area contributed by atoms with Crippen LogP contribution in [0.3, 0.4) is 0 Å². The van der Waals surface area contributed by atoms with Crippen molar-refractivity contribution in [3.63, 3.8) is 0 Å². The molecule has 0 radical (unpaired) electrons. The molecule has 0 aliphatic carbocycles. The lowest BCUT2D eigenvalue weighted by Gasteiger charge is -2.09. The van der Waals surface area contributed by atoms with Crippen LogP contribution in [-0.4, -0.2) is 13.1 Å². The van der Waals surface area contributed by atoms with Crippen LogP contribution in [0.25, 0.3) is 0 Å². The molecule has 2 nitrogen and oxygen atoms in total. The van der Waals surface area contributed by atoms with Gasteiger partial charge in [0, 0.05) is 6.42 Å². The molecule has 0 heterocycles.